The number of benzene rings is 2. The van der Waals surface area contributed by atoms with Crippen LogP contribution in [0.15, 0.2) is 48.5 Å². The van der Waals surface area contributed by atoms with E-state index in [1.54, 1.807) is 24.3 Å². The van der Waals surface area contributed by atoms with Crippen LogP contribution in [0.1, 0.15) is 38.2 Å². The molecule has 3 rings (SSSR count). The van der Waals surface area contributed by atoms with E-state index in [2.05, 4.69) is 16.7 Å². The van der Waals surface area contributed by atoms with Crippen LogP contribution >= 0.6 is 0 Å². The number of carbonyl (C=O) groups is 2. The highest BCUT2D eigenvalue weighted by molar-refractivity contribution is 5.94. The molecule has 2 aromatic rings. The van der Waals surface area contributed by atoms with Gasteiger partial charge in [-0.15, -0.1) is 0 Å². The number of nitriles is 1. The lowest BCUT2D eigenvalue weighted by atomic mass is 9.81. The van der Waals surface area contributed by atoms with Gasteiger partial charge in [0.15, 0.2) is 0 Å². The first kappa shape index (κ1) is 20.4. The second-order valence-corrected chi connectivity index (χ2v) is 7.18. The van der Waals surface area contributed by atoms with E-state index in [-0.39, 0.29) is 23.7 Å². The van der Waals surface area contributed by atoms with Gasteiger partial charge in [-0.2, -0.15) is 5.26 Å². The van der Waals surface area contributed by atoms with E-state index in [9.17, 15) is 9.59 Å². The van der Waals surface area contributed by atoms with Crippen LogP contribution in [-0.2, 0) is 9.59 Å². The predicted octanol–water partition coefficient (Wildman–Crippen LogP) is 4.34. The van der Waals surface area contributed by atoms with E-state index in [0.717, 1.165) is 11.4 Å². The van der Waals surface area contributed by atoms with Gasteiger partial charge in [0, 0.05) is 23.2 Å². The Bertz CT molecular complexity index is 894. The molecular weight excluding hydrogens is 366 g/mol. The molecule has 6 nitrogen and oxygen atoms in total. The van der Waals surface area contributed by atoms with Gasteiger partial charge < -0.3 is 15.4 Å². The average Bonchev–Trinajstić information content (AvgIpc) is 2.75. The summed E-state index contributed by atoms with van der Waals surface area (Å²) in [5.74, 6) is 0.514. The molecule has 29 heavy (non-hydrogen) atoms. The van der Waals surface area contributed by atoms with Crippen molar-refractivity contribution in [1.82, 2.24) is 0 Å². The number of nitrogens with zero attached hydrogens (tertiary/aromatic N) is 1. The van der Waals surface area contributed by atoms with Crippen LogP contribution in [0, 0.1) is 23.2 Å². The van der Waals surface area contributed by atoms with Gasteiger partial charge in [-0.05, 0) is 75.1 Å². The summed E-state index contributed by atoms with van der Waals surface area (Å²) in [6.45, 7) is 2.53. The van der Waals surface area contributed by atoms with Crippen LogP contribution in [0.5, 0.6) is 5.75 Å². The van der Waals surface area contributed by atoms with Gasteiger partial charge in [0.2, 0.25) is 11.8 Å². The van der Waals surface area contributed by atoms with Gasteiger partial charge >= 0.3 is 0 Å². The van der Waals surface area contributed by atoms with Gasteiger partial charge in [0.25, 0.3) is 0 Å². The minimum absolute atomic E-state index is 0.00487. The highest BCUT2D eigenvalue weighted by atomic mass is 16.5. The lowest BCUT2D eigenvalue weighted by molar-refractivity contribution is -0.125. The van der Waals surface area contributed by atoms with Crippen molar-refractivity contribution in [3.05, 3.63) is 54.1 Å². The molecule has 0 radical (unpaired) electrons. The number of amides is 2. The van der Waals surface area contributed by atoms with Crippen molar-refractivity contribution in [2.45, 2.75) is 32.6 Å². The van der Waals surface area contributed by atoms with Crippen LogP contribution in [0.2, 0.25) is 0 Å². The molecule has 1 fully saturated rings. The number of hydrogen-bond acceptors (Lipinski definition) is 4. The molecule has 1 aliphatic carbocycles. The molecular formula is C23H25N3O3. The highest BCUT2D eigenvalue weighted by Gasteiger charge is 2.30. The Balaban J connectivity index is 1.48. The molecule has 0 unspecified atom stereocenters. The van der Waals surface area contributed by atoms with Crippen molar-refractivity contribution in [3.8, 4) is 11.8 Å². The summed E-state index contributed by atoms with van der Waals surface area (Å²) in [6.07, 6.45) is 2.70. The van der Waals surface area contributed by atoms with Crippen LogP contribution in [-0.4, -0.2) is 18.4 Å². The van der Waals surface area contributed by atoms with Crippen LogP contribution < -0.4 is 15.4 Å². The molecule has 0 saturated heterocycles. The number of rotatable bonds is 6. The van der Waals surface area contributed by atoms with Gasteiger partial charge in [-0.25, -0.2) is 0 Å². The first-order chi connectivity index (χ1) is 14.1. The van der Waals surface area contributed by atoms with E-state index < -0.39 is 0 Å². The number of carbonyl (C=O) groups excluding carboxylic acids is 2. The van der Waals surface area contributed by atoms with Crippen LogP contribution in [0.3, 0.4) is 0 Å². The molecule has 0 heterocycles. The standard InChI is InChI=1S/C23H25N3O3/c1-2-29-21-12-10-19(11-13-21)25-22(27)17-6-8-18(9-7-17)23(28)26-20-5-3-4-16(14-20)15-24/h3-5,10-14,17-18H,2,6-9H2,1H3,(H,25,27)(H,26,28). The largest absolute Gasteiger partial charge is 0.494 e. The molecule has 0 atom stereocenters. The average molecular weight is 391 g/mol. The number of ether oxygens (including phenoxy) is 1. The number of anilines is 2. The third kappa shape index (κ3) is 5.58. The zero-order chi connectivity index (χ0) is 20.6. The van der Waals surface area contributed by atoms with Crippen molar-refractivity contribution in [3.63, 3.8) is 0 Å². The van der Waals surface area contributed by atoms with E-state index in [0.29, 0.717) is 43.5 Å². The van der Waals surface area contributed by atoms with Gasteiger partial charge in [0.1, 0.15) is 5.75 Å². The molecule has 0 spiro atoms. The fourth-order valence-corrected chi connectivity index (χ4v) is 3.57. The zero-order valence-corrected chi connectivity index (χ0v) is 16.5. The SMILES string of the molecule is CCOc1ccc(NC(=O)C2CCC(C(=O)Nc3cccc(C#N)c3)CC2)cc1. The van der Waals surface area contributed by atoms with Crippen LogP contribution in [0.4, 0.5) is 11.4 Å². The molecule has 6 heteroatoms. The van der Waals surface area contributed by atoms with Gasteiger partial charge in [-0.3, -0.25) is 9.59 Å². The molecule has 0 aliphatic heterocycles. The fraction of sp³-hybridized carbons (Fsp3) is 0.348. The van der Waals surface area contributed by atoms with E-state index in [4.69, 9.17) is 10.00 Å². The molecule has 2 amide bonds. The Morgan fingerprint density at radius 3 is 2.10 bits per heavy atom. The summed E-state index contributed by atoms with van der Waals surface area (Å²) >= 11 is 0. The number of hydrogen-bond donors (Lipinski definition) is 2. The Hall–Kier alpha value is -3.33. The lowest BCUT2D eigenvalue weighted by Gasteiger charge is -2.27. The maximum Gasteiger partial charge on any atom is 0.227 e. The summed E-state index contributed by atoms with van der Waals surface area (Å²) in [5.41, 5.74) is 1.89. The normalized spacial score (nSPS) is 18.3. The maximum absolute atomic E-state index is 12.5. The minimum atomic E-state index is -0.115. The van der Waals surface area contributed by atoms with Crippen LogP contribution in [0.25, 0.3) is 0 Å². The Morgan fingerprint density at radius 1 is 0.966 bits per heavy atom. The molecule has 2 N–H and O–H groups in total. The minimum Gasteiger partial charge on any atom is -0.494 e. The first-order valence-corrected chi connectivity index (χ1v) is 9.93. The Kier molecular flexibility index (Phi) is 6.85. The lowest BCUT2D eigenvalue weighted by Crippen LogP contribution is -2.32. The maximum atomic E-state index is 12.5. The summed E-state index contributed by atoms with van der Waals surface area (Å²) in [5, 5.41) is 14.8. The molecule has 1 aliphatic rings. The molecule has 0 bridgehead atoms. The second-order valence-electron chi connectivity index (χ2n) is 7.18. The van der Waals surface area contributed by atoms with Crippen molar-refractivity contribution in [2.75, 3.05) is 17.2 Å². The van der Waals surface area contributed by atoms with Gasteiger partial charge in [-0.1, -0.05) is 6.07 Å². The van der Waals surface area contributed by atoms with E-state index in [1.807, 2.05) is 31.2 Å². The topological polar surface area (TPSA) is 91.2 Å². The van der Waals surface area contributed by atoms with Crippen molar-refractivity contribution < 1.29 is 14.3 Å². The molecule has 0 aromatic heterocycles. The van der Waals surface area contributed by atoms with Crippen molar-refractivity contribution >= 4 is 23.2 Å². The highest BCUT2D eigenvalue weighted by Crippen LogP contribution is 2.31. The van der Waals surface area contributed by atoms with E-state index in [1.165, 1.54) is 0 Å². The third-order valence-electron chi connectivity index (χ3n) is 5.16. The van der Waals surface area contributed by atoms with Crippen molar-refractivity contribution in [2.24, 2.45) is 11.8 Å². The Morgan fingerprint density at radius 2 is 1.55 bits per heavy atom. The first-order valence-electron chi connectivity index (χ1n) is 9.93. The quantitative estimate of drug-likeness (QED) is 0.766. The summed E-state index contributed by atoms with van der Waals surface area (Å²) < 4.78 is 5.41. The second kappa shape index (κ2) is 9.74. The van der Waals surface area contributed by atoms with Gasteiger partial charge in [0.05, 0.1) is 18.2 Å². The Labute approximate surface area is 170 Å². The van der Waals surface area contributed by atoms with E-state index >= 15 is 0 Å². The summed E-state index contributed by atoms with van der Waals surface area (Å²) in [4.78, 5) is 25.1. The third-order valence-corrected chi connectivity index (χ3v) is 5.16. The number of nitrogens with one attached hydrogen (secondary N) is 2. The van der Waals surface area contributed by atoms with Crippen molar-refractivity contribution in [1.29, 1.82) is 5.26 Å². The predicted molar refractivity (Wildman–Crippen MR) is 111 cm³/mol. The monoisotopic (exact) mass is 391 g/mol. The molecule has 2 aromatic carbocycles. The smallest absolute Gasteiger partial charge is 0.227 e. The molecule has 1 saturated carbocycles. The summed E-state index contributed by atoms with van der Waals surface area (Å²) in [7, 11) is 0. The fourth-order valence-electron chi connectivity index (χ4n) is 3.57. The summed E-state index contributed by atoms with van der Waals surface area (Å²) in [6, 6.07) is 16.3. The molecule has 150 valence electrons. The zero-order valence-electron chi connectivity index (χ0n) is 16.5.